The predicted octanol–water partition coefficient (Wildman–Crippen LogP) is 3.53. The number of benzene rings is 1. The monoisotopic (exact) mass is 373 g/mol. The Morgan fingerprint density at radius 3 is 2.55 bits per heavy atom. The van der Waals surface area contributed by atoms with Crippen molar-refractivity contribution in [1.82, 2.24) is 5.06 Å². The second kappa shape index (κ2) is 8.39. The lowest BCUT2D eigenvalue weighted by atomic mass is 10.0. The zero-order valence-corrected chi connectivity index (χ0v) is 15.3. The van der Waals surface area contributed by atoms with E-state index in [0.717, 1.165) is 23.5 Å². The molecule has 1 aromatic carbocycles. The number of phenolic OH excluding ortho intramolecular Hbond substituents is 1. The predicted molar refractivity (Wildman–Crippen MR) is 88.8 cm³/mol. The van der Waals surface area contributed by atoms with Gasteiger partial charge in [0.2, 0.25) is 0 Å². The van der Waals surface area contributed by atoms with Gasteiger partial charge in [-0.2, -0.15) is 0 Å². The van der Waals surface area contributed by atoms with Crippen molar-refractivity contribution in [2.45, 2.75) is 39.7 Å². The van der Waals surface area contributed by atoms with Crippen LogP contribution < -0.4 is 4.74 Å². The second-order valence-electron chi connectivity index (χ2n) is 5.64. The summed E-state index contributed by atoms with van der Waals surface area (Å²) in [4.78, 5) is 16.8. The maximum absolute atomic E-state index is 12.0. The number of likely N-dealkylation sites (N-methyl/N-ethyl adjacent to an activating group) is 1. The lowest BCUT2D eigenvalue weighted by Crippen LogP contribution is -2.37. The quantitative estimate of drug-likeness (QED) is 0.742. The summed E-state index contributed by atoms with van der Waals surface area (Å²) in [5.74, 6) is 0.826. The molecule has 22 heavy (non-hydrogen) atoms. The fourth-order valence-corrected chi connectivity index (χ4v) is 2.23. The first-order valence-electron chi connectivity index (χ1n) is 7.26. The van der Waals surface area contributed by atoms with E-state index in [4.69, 9.17) is 9.57 Å². The molecule has 0 saturated carbocycles. The Kier molecular flexibility index (Phi) is 7.16. The Hall–Kier alpha value is -1.27. The van der Waals surface area contributed by atoms with Crippen LogP contribution in [0.2, 0.25) is 0 Å². The molecule has 0 bridgehead atoms. The third-order valence-corrected chi connectivity index (χ3v) is 4.12. The number of hydrogen-bond acceptors (Lipinski definition) is 4. The molecule has 5 nitrogen and oxygen atoms in total. The molecule has 0 aromatic heterocycles. The molecule has 1 amide bonds. The number of halogens is 1. The summed E-state index contributed by atoms with van der Waals surface area (Å²) in [5, 5.41) is 11.1. The molecule has 0 aliphatic carbocycles. The molecule has 6 heteroatoms. The van der Waals surface area contributed by atoms with Crippen LogP contribution in [-0.2, 0) is 16.1 Å². The van der Waals surface area contributed by atoms with Gasteiger partial charge in [-0.05, 0) is 59.3 Å². The molecular weight excluding hydrogens is 350 g/mol. The molecule has 124 valence electrons. The van der Waals surface area contributed by atoms with E-state index in [1.54, 1.807) is 13.0 Å². The zero-order valence-electron chi connectivity index (χ0n) is 13.7. The molecular formula is C16H24BrNO4. The van der Waals surface area contributed by atoms with Crippen molar-refractivity contribution >= 4 is 21.8 Å². The zero-order chi connectivity index (χ0) is 16.9. The molecule has 0 heterocycles. The van der Waals surface area contributed by atoms with E-state index in [0.29, 0.717) is 16.1 Å². The number of aryl methyl sites for hydroxylation is 1. The third-order valence-electron chi connectivity index (χ3n) is 3.33. The Bertz CT molecular complexity index is 519. The molecule has 0 unspecified atom stereocenters. The van der Waals surface area contributed by atoms with Gasteiger partial charge >= 0.3 is 0 Å². The van der Waals surface area contributed by atoms with Crippen molar-refractivity contribution in [1.29, 1.82) is 0 Å². The standard InChI is InChI=1S/C16H24BrNO4/c1-10(2)6-7-12-8-13(19)15(17)14(9-12)22-11(3)16(20)18(4)21-5/h8-11,19H,6-7H2,1-5H3/t11-/m1/s1. The maximum Gasteiger partial charge on any atom is 0.286 e. The van der Waals surface area contributed by atoms with E-state index in [9.17, 15) is 9.90 Å². The highest BCUT2D eigenvalue weighted by atomic mass is 79.9. The molecule has 1 atom stereocenters. The number of aromatic hydroxyl groups is 1. The van der Waals surface area contributed by atoms with Gasteiger partial charge in [0.05, 0.1) is 7.11 Å². The summed E-state index contributed by atoms with van der Waals surface area (Å²) in [5.41, 5.74) is 0.976. The Morgan fingerprint density at radius 1 is 1.36 bits per heavy atom. The van der Waals surface area contributed by atoms with Crippen molar-refractivity contribution in [2.75, 3.05) is 14.2 Å². The van der Waals surface area contributed by atoms with Crippen LogP contribution in [0.15, 0.2) is 16.6 Å². The Morgan fingerprint density at radius 2 is 2.00 bits per heavy atom. The highest BCUT2D eigenvalue weighted by Gasteiger charge is 2.21. The van der Waals surface area contributed by atoms with E-state index in [2.05, 4.69) is 29.8 Å². The van der Waals surface area contributed by atoms with Gasteiger partial charge in [-0.15, -0.1) is 0 Å². The number of amides is 1. The summed E-state index contributed by atoms with van der Waals surface area (Å²) in [7, 11) is 2.94. The normalized spacial score (nSPS) is 12.3. The first-order chi connectivity index (χ1) is 10.3. The maximum atomic E-state index is 12.0. The van der Waals surface area contributed by atoms with E-state index in [-0.39, 0.29) is 11.7 Å². The average Bonchev–Trinajstić information content (AvgIpc) is 2.48. The number of nitrogens with zero attached hydrogens (tertiary/aromatic N) is 1. The third kappa shape index (κ3) is 5.18. The number of hydroxylamine groups is 2. The highest BCUT2D eigenvalue weighted by Crippen LogP contribution is 2.36. The van der Waals surface area contributed by atoms with Crippen LogP contribution in [0.3, 0.4) is 0 Å². The van der Waals surface area contributed by atoms with Crippen molar-refractivity contribution in [3.8, 4) is 11.5 Å². The van der Waals surface area contributed by atoms with Crippen molar-refractivity contribution in [2.24, 2.45) is 5.92 Å². The van der Waals surface area contributed by atoms with Crippen LogP contribution in [0.4, 0.5) is 0 Å². The molecule has 0 spiro atoms. The molecule has 0 saturated heterocycles. The van der Waals surface area contributed by atoms with Gasteiger partial charge in [0.15, 0.2) is 6.10 Å². The van der Waals surface area contributed by atoms with Gasteiger partial charge in [0.1, 0.15) is 16.0 Å². The number of phenols is 1. The largest absolute Gasteiger partial charge is 0.507 e. The second-order valence-corrected chi connectivity index (χ2v) is 6.43. The fraction of sp³-hybridized carbons (Fsp3) is 0.562. The van der Waals surface area contributed by atoms with Crippen LogP contribution >= 0.6 is 15.9 Å². The summed E-state index contributed by atoms with van der Waals surface area (Å²) >= 11 is 3.29. The van der Waals surface area contributed by atoms with E-state index in [1.807, 2.05) is 6.07 Å². The van der Waals surface area contributed by atoms with Crippen molar-refractivity contribution in [3.63, 3.8) is 0 Å². The van der Waals surface area contributed by atoms with E-state index >= 15 is 0 Å². The molecule has 1 rings (SSSR count). The number of carbonyl (C=O) groups excluding carboxylic acids is 1. The number of carbonyl (C=O) groups is 1. The molecule has 0 aliphatic heterocycles. The fourth-order valence-electron chi connectivity index (χ4n) is 1.91. The minimum Gasteiger partial charge on any atom is -0.507 e. The highest BCUT2D eigenvalue weighted by molar-refractivity contribution is 9.10. The molecule has 0 fully saturated rings. The topological polar surface area (TPSA) is 59.0 Å². The number of hydrogen-bond donors (Lipinski definition) is 1. The SMILES string of the molecule is CON(C)C(=O)[C@@H](C)Oc1cc(CCC(C)C)cc(O)c1Br. The van der Waals surface area contributed by atoms with Crippen LogP contribution in [-0.4, -0.2) is 36.3 Å². The molecule has 1 aromatic rings. The lowest BCUT2D eigenvalue weighted by Gasteiger charge is -2.21. The van der Waals surface area contributed by atoms with Gasteiger partial charge in [0.25, 0.3) is 5.91 Å². The van der Waals surface area contributed by atoms with Gasteiger partial charge < -0.3 is 9.84 Å². The summed E-state index contributed by atoms with van der Waals surface area (Å²) in [6.07, 6.45) is 1.14. The first-order valence-corrected chi connectivity index (χ1v) is 8.05. The minimum absolute atomic E-state index is 0.107. The van der Waals surface area contributed by atoms with Crippen LogP contribution in [0.1, 0.15) is 32.8 Å². The van der Waals surface area contributed by atoms with E-state index < -0.39 is 6.10 Å². The van der Waals surface area contributed by atoms with Crippen LogP contribution in [0, 0.1) is 5.92 Å². The van der Waals surface area contributed by atoms with Crippen molar-refractivity contribution in [3.05, 3.63) is 22.2 Å². The van der Waals surface area contributed by atoms with Gasteiger partial charge in [-0.1, -0.05) is 13.8 Å². The lowest BCUT2D eigenvalue weighted by molar-refractivity contribution is -0.175. The molecule has 0 aliphatic rings. The van der Waals surface area contributed by atoms with Crippen LogP contribution in [0.25, 0.3) is 0 Å². The first kappa shape index (κ1) is 18.8. The molecule has 0 radical (unpaired) electrons. The molecule has 1 N–H and O–H groups in total. The number of rotatable bonds is 7. The van der Waals surface area contributed by atoms with Gasteiger partial charge in [-0.3, -0.25) is 9.63 Å². The average molecular weight is 374 g/mol. The smallest absolute Gasteiger partial charge is 0.286 e. The minimum atomic E-state index is -0.721. The Balaban J connectivity index is 2.91. The van der Waals surface area contributed by atoms with Gasteiger partial charge in [-0.25, -0.2) is 5.06 Å². The van der Waals surface area contributed by atoms with Gasteiger partial charge in [0, 0.05) is 7.05 Å². The summed E-state index contributed by atoms with van der Waals surface area (Å²) < 4.78 is 6.13. The van der Waals surface area contributed by atoms with Crippen molar-refractivity contribution < 1.29 is 19.5 Å². The van der Waals surface area contributed by atoms with E-state index in [1.165, 1.54) is 14.2 Å². The summed E-state index contributed by atoms with van der Waals surface area (Å²) in [6, 6.07) is 3.57. The summed E-state index contributed by atoms with van der Waals surface area (Å²) in [6.45, 7) is 5.94. The number of ether oxygens (including phenoxy) is 1. The Labute approximate surface area is 140 Å². The van der Waals surface area contributed by atoms with Crippen LogP contribution in [0.5, 0.6) is 11.5 Å².